The van der Waals surface area contributed by atoms with Gasteiger partial charge in [0.2, 0.25) is 0 Å². The summed E-state index contributed by atoms with van der Waals surface area (Å²) in [4.78, 5) is 15.4. The fraction of sp³-hybridized carbons (Fsp3) is 0.0667. The van der Waals surface area contributed by atoms with Crippen molar-refractivity contribution in [1.29, 1.82) is 0 Å². The van der Waals surface area contributed by atoms with Crippen molar-refractivity contribution in [3.63, 3.8) is 0 Å². The first kappa shape index (κ1) is 11.6. The van der Waals surface area contributed by atoms with Crippen LogP contribution in [0.4, 0.5) is 4.39 Å². The lowest BCUT2D eigenvalue weighted by atomic mass is 10.2. The second-order valence-electron chi connectivity index (χ2n) is 4.41. The van der Waals surface area contributed by atoms with E-state index in [1.54, 1.807) is 12.1 Å². The molecule has 2 aromatic heterocycles. The van der Waals surface area contributed by atoms with Crippen LogP contribution in [0.5, 0.6) is 0 Å². The Morgan fingerprint density at radius 1 is 1.16 bits per heavy atom. The molecule has 2 heterocycles. The summed E-state index contributed by atoms with van der Waals surface area (Å²) in [7, 11) is 0. The zero-order valence-corrected chi connectivity index (χ0v) is 10.3. The molecule has 0 unspecified atom stereocenters. The van der Waals surface area contributed by atoms with Gasteiger partial charge in [0.1, 0.15) is 17.3 Å². The van der Waals surface area contributed by atoms with Crippen LogP contribution in [0.25, 0.3) is 16.9 Å². The minimum Gasteiger partial charge on any atom is -0.299 e. The maximum absolute atomic E-state index is 13.0. The van der Waals surface area contributed by atoms with E-state index in [-0.39, 0.29) is 5.82 Å². The zero-order valence-electron chi connectivity index (χ0n) is 10.3. The van der Waals surface area contributed by atoms with Gasteiger partial charge in [-0.15, -0.1) is 0 Å². The lowest BCUT2D eigenvalue weighted by Crippen LogP contribution is -1.90. The third-order valence-electron chi connectivity index (χ3n) is 3.03. The SMILES string of the molecule is Cc1ccc2c(C=O)nc(-c3ccc(F)cc3)n2c1. The lowest BCUT2D eigenvalue weighted by molar-refractivity contribution is 0.112. The Hall–Kier alpha value is -2.49. The molecule has 0 radical (unpaired) electrons. The number of halogens is 1. The van der Waals surface area contributed by atoms with Crippen LogP contribution in [0.15, 0.2) is 42.6 Å². The molecule has 0 saturated carbocycles. The molecular formula is C15H11FN2O. The highest BCUT2D eigenvalue weighted by Gasteiger charge is 2.12. The van der Waals surface area contributed by atoms with Gasteiger partial charge in [-0.2, -0.15) is 0 Å². The predicted molar refractivity (Wildman–Crippen MR) is 70.7 cm³/mol. The van der Waals surface area contributed by atoms with Crippen molar-refractivity contribution in [1.82, 2.24) is 9.38 Å². The van der Waals surface area contributed by atoms with Gasteiger partial charge in [-0.25, -0.2) is 9.37 Å². The van der Waals surface area contributed by atoms with Crippen LogP contribution < -0.4 is 0 Å². The van der Waals surface area contributed by atoms with Crippen molar-refractivity contribution in [2.45, 2.75) is 6.92 Å². The molecule has 3 aromatic rings. The average Bonchev–Trinajstić information content (AvgIpc) is 2.77. The van der Waals surface area contributed by atoms with E-state index in [1.165, 1.54) is 12.1 Å². The Balaban J connectivity index is 2.31. The molecule has 0 aliphatic heterocycles. The molecule has 19 heavy (non-hydrogen) atoms. The van der Waals surface area contributed by atoms with E-state index < -0.39 is 0 Å². The molecule has 0 atom stereocenters. The highest BCUT2D eigenvalue weighted by Crippen LogP contribution is 2.23. The Bertz CT molecular complexity index is 760. The van der Waals surface area contributed by atoms with Gasteiger partial charge in [-0.1, -0.05) is 6.07 Å². The fourth-order valence-electron chi connectivity index (χ4n) is 2.11. The molecule has 0 spiro atoms. The van der Waals surface area contributed by atoms with E-state index in [9.17, 15) is 9.18 Å². The number of carbonyl (C=O) groups is 1. The number of nitrogens with zero attached hydrogens (tertiary/aromatic N) is 2. The topological polar surface area (TPSA) is 34.4 Å². The minimum atomic E-state index is -0.295. The van der Waals surface area contributed by atoms with Gasteiger partial charge in [0.25, 0.3) is 0 Å². The number of fused-ring (bicyclic) bond motifs is 1. The second kappa shape index (κ2) is 4.31. The van der Waals surface area contributed by atoms with Crippen LogP contribution in [0.1, 0.15) is 16.1 Å². The summed E-state index contributed by atoms with van der Waals surface area (Å²) in [5, 5.41) is 0. The third-order valence-corrected chi connectivity index (χ3v) is 3.03. The van der Waals surface area contributed by atoms with E-state index in [2.05, 4.69) is 4.98 Å². The summed E-state index contributed by atoms with van der Waals surface area (Å²) < 4.78 is 14.8. The number of carbonyl (C=O) groups excluding carboxylic acids is 1. The number of benzene rings is 1. The Kier molecular flexibility index (Phi) is 2.63. The van der Waals surface area contributed by atoms with E-state index in [0.29, 0.717) is 11.5 Å². The van der Waals surface area contributed by atoms with Gasteiger partial charge in [0.05, 0.1) is 5.52 Å². The van der Waals surface area contributed by atoms with Gasteiger partial charge in [0, 0.05) is 11.8 Å². The molecule has 3 nitrogen and oxygen atoms in total. The molecule has 0 aliphatic rings. The molecule has 4 heteroatoms. The van der Waals surface area contributed by atoms with Crippen LogP contribution in [0.3, 0.4) is 0 Å². The van der Waals surface area contributed by atoms with E-state index in [1.807, 2.05) is 29.7 Å². The Labute approximate surface area is 109 Å². The first-order chi connectivity index (χ1) is 9.19. The first-order valence-corrected chi connectivity index (χ1v) is 5.89. The highest BCUT2D eigenvalue weighted by atomic mass is 19.1. The molecule has 0 bridgehead atoms. The maximum atomic E-state index is 13.0. The quantitative estimate of drug-likeness (QED) is 0.658. The monoisotopic (exact) mass is 254 g/mol. The predicted octanol–water partition coefficient (Wildman–Crippen LogP) is 3.26. The molecule has 0 fully saturated rings. The van der Waals surface area contributed by atoms with Crippen molar-refractivity contribution in [2.24, 2.45) is 0 Å². The maximum Gasteiger partial charge on any atom is 0.170 e. The van der Waals surface area contributed by atoms with Gasteiger partial charge in [-0.3, -0.25) is 9.20 Å². The molecule has 0 amide bonds. The average molecular weight is 254 g/mol. The molecule has 0 saturated heterocycles. The van der Waals surface area contributed by atoms with Gasteiger partial charge in [-0.05, 0) is 42.8 Å². The van der Waals surface area contributed by atoms with Crippen molar-refractivity contribution in [2.75, 3.05) is 0 Å². The first-order valence-electron chi connectivity index (χ1n) is 5.89. The normalized spacial score (nSPS) is 10.8. The van der Waals surface area contributed by atoms with E-state index >= 15 is 0 Å². The molecule has 3 rings (SSSR count). The number of aromatic nitrogens is 2. The summed E-state index contributed by atoms with van der Waals surface area (Å²) in [5.74, 6) is 0.345. The van der Waals surface area contributed by atoms with E-state index in [0.717, 1.165) is 22.9 Å². The number of imidazole rings is 1. The zero-order chi connectivity index (χ0) is 13.4. The lowest BCUT2D eigenvalue weighted by Gasteiger charge is -2.02. The fourth-order valence-corrected chi connectivity index (χ4v) is 2.11. The molecule has 1 aromatic carbocycles. The van der Waals surface area contributed by atoms with E-state index in [4.69, 9.17) is 0 Å². The molecular weight excluding hydrogens is 243 g/mol. The third kappa shape index (κ3) is 1.91. The Morgan fingerprint density at radius 2 is 1.89 bits per heavy atom. The summed E-state index contributed by atoms with van der Waals surface area (Å²) in [6.45, 7) is 1.97. The molecule has 0 aliphatic carbocycles. The highest BCUT2D eigenvalue weighted by molar-refractivity contribution is 5.86. The standard InChI is InChI=1S/C15H11FN2O/c1-10-2-7-14-13(9-19)17-15(18(14)8-10)11-3-5-12(16)6-4-11/h2-9H,1H3. The van der Waals surface area contributed by atoms with Gasteiger partial charge in [0.15, 0.2) is 6.29 Å². The number of rotatable bonds is 2. The van der Waals surface area contributed by atoms with Crippen molar-refractivity contribution in [3.8, 4) is 11.4 Å². The number of hydrogen-bond acceptors (Lipinski definition) is 2. The summed E-state index contributed by atoms with van der Waals surface area (Å²) in [6, 6.07) is 9.86. The summed E-state index contributed by atoms with van der Waals surface area (Å²) >= 11 is 0. The smallest absolute Gasteiger partial charge is 0.170 e. The van der Waals surface area contributed by atoms with Gasteiger partial charge < -0.3 is 0 Å². The van der Waals surface area contributed by atoms with Crippen LogP contribution in [0, 0.1) is 12.7 Å². The number of aldehydes is 1. The van der Waals surface area contributed by atoms with Crippen LogP contribution in [0.2, 0.25) is 0 Å². The summed E-state index contributed by atoms with van der Waals surface area (Å²) in [6.07, 6.45) is 2.64. The second-order valence-corrected chi connectivity index (χ2v) is 4.41. The molecule has 0 N–H and O–H groups in total. The van der Waals surface area contributed by atoms with Crippen molar-refractivity contribution < 1.29 is 9.18 Å². The van der Waals surface area contributed by atoms with Gasteiger partial charge >= 0.3 is 0 Å². The number of hydrogen-bond donors (Lipinski definition) is 0. The molecule has 94 valence electrons. The number of aryl methyl sites for hydroxylation is 1. The van der Waals surface area contributed by atoms with Crippen LogP contribution in [-0.4, -0.2) is 15.7 Å². The van der Waals surface area contributed by atoms with Crippen molar-refractivity contribution >= 4 is 11.8 Å². The largest absolute Gasteiger partial charge is 0.299 e. The number of pyridine rings is 1. The van der Waals surface area contributed by atoms with Crippen molar-refractivity contribution in [3.05, 3.63) is 59.7 Å². The Morgan fingerprint density at radius 3 is 2.58 bits per heavy atom. The van der Waals surface area contributed by atoms with Crippen LogP contribution in [-0.2, 0) is 0 Å². The van der Waals surface area contributed by atoms with Crippen LogP contribution >= 0.6 is 0 Å². The minimum absolute atomic E-state index is 0.295. The summed E-state index contributed by atoms with van der Waals surface area (Å²) in [5.41, 5.74) is 2.97.